The second kappa shape index (κ2) is 5.59. The Balaban J connectivity index is 2.03. The van der Waals surface area contributed by atoms with Gasteiger partial charge in [0.1, 0.15) is 5.82 Å². The maximum atomic E-state index is 13.7. The molecule has 110 valence electrons. The highest BCUT2D eigenvalue weighted by Crippen LogP contribution is 2.25. The van der Waals surface area contributed by atoms with Crippen molar-refractivity contribution in [1.82, 2.24) is 4.90 Å². The third-order valence-corrected chi connectivity index (χ3v) is 3.55. The SMILES string of the molecule is O=C(N1CCN(c2ccc(Br)cc2F)CC1)C(F)(F)F. The van der Waals surface area contributed by atoms with Gasteiger partial charge in [-0.15, -0.1) is 0 Å². The van der Waals surface area contributed by atoms with Crippen LogP contribution in [0.4, 0.5) is 23.2 Å². The molecule has 0 aromatic heterocycles. The van der Waals surface area contributed by atoms with Gasteiger partial charge in [0.15, 0.2) is 0 Å². The molecule has 0 atom stereocenters. The van der Waals surface area contributed by atoms with Crippen LogP contribution in [-0.4, -0.2) is 43.2 Å². The summed E-state index contributed by atoms with van der Waals surface area (Å²) in [5, 5.41) is 0. The van der Waals surface area contributed by atoms with Gasteiger partial charge in [0.25, 0.3) is 0 Å². The van der Waals surface area contributed by atoms with Crippen molar-refractivity contribution >= 4 is 27.5 Å². The van der Waals surface area contributed by atoms with Crippen LogP contribution in [0.3, 0.4) is 0 Å². The van der Waals surface area contributed by atoms with Crippen LogP contribution in [-0.2, 0) is 4.79 Å². The minimum absolute atomic E-state index is 0.0755. The van der Waals surface area contributed by atoms with Crippen LogP contribution in [0.1, 0.15) is 0 Å². The first-order chi connectivity index (χ1) is 9.29. The molecule has 1 aliphatic rings. The van der Waals surface area contributed by atoms with E-state index in [1.54, 1.807) is 17.0 Å². The summed E-state index contributed by atoms with van der Waals surface area (Å²) in [7, 11) is 0. The molecule has 1 fully saturated rings. The van der Waals surface area contributed by atoms with Crippen molar-refractivity contribution in [2.75, 3.05) is 31.1 Å². The van der Waals surface area contributed by atoms with E-state index in [0.717, 1.165) is 4.90 Å². The topological polar surface area (TPSA) is 23.6 Å². The molecule has 0 radical (unpaired) electrons. The summed E-state index contributed by atoms with van der Waals surface area (Å²) in [4.78, 5) is 13.4. The van der Waals surface area contributed by atoms with E-state index in [4.69, 9.17) is 0 Å². The molecule has 0 saturated carbocycles. The summed E-state index contributed by atoms with van der Waals surface area (Å²) in [6, 6.07) is 4.51. The summed E-state index contributed by atoms with van der Waals surface area (Å²) in [5.41, 5.74) is 0.326. The molecule has 1 aromatic rings. The van der Waals surface area contributed by atoms with Gasteiger partial charge >= 0.3 is 12.1 Å². The van der Waals surface area contributed by atoms with E-state index in [2.05, 4.69) is 15.9 Å². The van der Waals surface area contributed by atoms with E-state index >= 15 is 0 Å². The summed E-state index contributed by atoms with van der Waals surface area (Å²) in [6.45, 7) is 0.183. The molecule has 1 heterocycles. The number of alkyl halides is 3. The first-order valence-electron chi connectivity index (χ1n) is 5.85. The first-order valence-corrected chi connectivity index (χ1v) is 6.64. The van der Waals surface area contributed by atoms with Crippen LogP contribution in [0.2, 0.25) is 0 Å². The van der Waals surface area contributed by atoms with Gasteiger partial charge in [-0.3, -0.25) is 4.79 Å². The van der Waals surface area contributed by atoms with Crippen molar-refractivity contribution in [1.29, 1.82) is 0 Å². The molecule has 1 aliphatic heterocycles. The van der Waals surface area contributed by atoms with Crippen molar-refractivity contribution in [3.63, 3.8) is 0 Å². The Morgan fingerprint density at radius 1 is 1.15 bits per heavy atom. The average Bonchev–Trinajstić information content (AvgIpc) is 2.37. The van der Waals surface area contributed by atoms with Crippen molar-refractivity contribution in [3.05, 3.63) is 28.5 Å². The molecule has 3 nitrogen and oxygen atoms in total. The van der Waals surface area contributed by atoms with Crippen molar-refractivity contribution in [2.45, 2.75) is 6.18 Å². The van der Waals surface area contributed by atoms with E-state index in [1.165, 1.54) is 6.07 Å². The Labute approximate surface area is 121 Å². The highest BCUT2D eigenvalue weighted by molar-refractivity contribution is 9.10. The third kappa shape index (κ3) is 3.23. The van der Waals surface area contributed by atoms with Gasteiger partial charge in [0, 0.05) is 30.7 Å². The Bertz CT molecular complexity index is 513. The van der Waals surface area contributed by atoms with Gasteiger partial charge in [-0.1, -0.05) is 15.9 Å². The fraction of sp³-hybridized carbons (Fsp3) is 0.417. The lowest BCUT2D eigenvalue weighted by Crippen LogP contribution is -2.52. The number of halogens is 5. The number of nitrogens with zero attached hydrogens (tertiary/aromatic N) is 2. The molecule has 8 heteroatoms. The molecule has 1 saturated heterocycles. The minimum Gasteiger partial charge on any atom is -0.366 e. The summed E-state index contributed by atoms with van der Waals surface area (Å²) in [5.74, 6) is -2.29. The lowest BCUT2D eigenvalue weighted by atomic mass is 10.2. The fourth-order valence-corrected chi connectivity index (χ4v) is 2.40. The van der Waals surface area contributed by atoms with Crippen LogP contribution >= 0.6 is 15.9 Å². The molecular weight excluding hydrogens is 344 g/mol. The maximum absolute atomic E-state index is 13.7. The van der Waals surface area contributed by atoms with Crippen LogP contribution in [0.5, 0.6) is 0 Å². The average molecular weight is 355 g/mol. The van der Waals surface area contributed by atoms with Crippen molar-refractivity contribution in [3.8, 4) is 0 Å². The van der Waals surface area contributed by atoms with Crippen LogP contribution in [0, 0.1) is 5.82 Å². The number of carbonyl (C=O) groups excluding carboxylic acids is 1. The second-order valence-corrected chi connectivity index (χ2v) is 5.29. The zero-order valence-corrected chi connectivity index (χ0v) is 11.8. The quantitative estimate of drug-likeness (QED) is 0.724. The highest BCUT2D eigenvalue weighted by atomic mass is 79.9. The molecule has 0 N–H and O–H groups in total. The lowest BCUT2D eigenvalue weighted by Gasteiger charge is -2.36. The summed E-state index contributed by atoms with van der Waals surface area (Å²) >= 11 is 3.13. The van der Waals surface area contributed by atoms with Gasteiger partial charge in [-0.25, -0.2) is 4.39 Å². The Morgan fingerprint density at radius 3 is 2.25 bits per heavy atom. The minimum atomic E-state index is -4.86. The molecule has 20 heavy (non-hydrogen) atoms. The van der Waals surface area contributed by atoms with E-state index in [-0.39, 0.29) is 26.2 Å². The molecule has 0 bridgehead atoms. The number of rotatable bonds is 1. The number of benzene rings is 1. The number of carbonyl (C=O) groups is 1. The fourth-order valence-electron chi connectivity index (χ4n) is 2.07. The Kier molecular flexibility index (Phi) is 4.22. The molecule has 0 aliphatic carbocycles. The predicted molar refractivity (Wildman–Crippen MR) is 68.9 cm³/mol. The normalized spacial score (nSPS) is 16.4. The number of piperazine rings is 1. The van der Waals surface area contributed by atoms with Gasteiger partial charge in [-0.05, 0) is 18.2 Å². The monoisotopic (exact) mass is 354 g/mol. The van der Waals surface area contributed by atoms with Gasteiger partial charge in [0.05, 0.1) is 5.69 Å². The van der Waals surface area contributed by atoms with Crippen LogP contribution in [0.25, 0.3) is 0 Å². The lowest BCUT2D eigenvalue weighted by molar-refractivity contribution is -0.185. The Morgan fingerprint density at radius 2 is 1.75 bits per heavy atom. The zero-order valence-electron chi connectivity index (χ0n) is 10.3. The molecular formula is C12H11BrF4N2O. The van der Waals surface area contributed by atoms with E-state index in [0.29, 0.717) is 10.2 Å². The summed E-state index contributed by atoms with van der Waals surface area (Å²) < 4.78 is 51.2. The van der Waals surface area contributed by atoms with E-state index in [9.17, 15) is 22.4 Å². The molecule has 2 rings (SSSR count). The molecule has 1 amide bonds. The molecule has 0 spiro atoms. The third-order valence-electron chi connectivity index (χ3n) is 3.06. The number of anilines is 1. The van der Waals surface area contributed by atoms with Crippen LogP contribution in [0.15, 0.2) is 22.7 Å². The van der Waals surface area contributed by atoms with Crippen molar-refractivity contribution < 1.29 is 22.4 Å². The van der Waals surface area contributed by atoms with Crippen LogP contribution < -0.4 is 4.90 Å². The van der Waals surface area contributed by atoms with E-state index < -0.39 is 17.9 Å². The van der Waals surface area contributed by atoms with Crippen molar-refractivity contribution in [2.24, 2.45) is 0 Å². The smallest absolute Gasteiger partial charge is 0.366 e. The molecule has 1 aromatic carbocycles. The van der Waals surface area contributed by atoms with Gasteiger partial charge in [-0.2, -0.15) is 13.2 Å². The Hall–Kier alpha value is -1.31. The van der Waals surface area contributed by atoms with E-state index in [1.807, 2.05) is 0 Å². The number of hydrogen-bond acceptors (Lipinski definition) is 2. The standard InChI is InChI=1S/C12H11BrF4N2O/c13-8-1-2-10(9(14)7-8)18-3-5-19(6-4-18)11(20)12(15,16)17/h1-2,7H,3-6H2. The van der Waals surface area contributed by atoms with Gasteiger partial charge in [0.2, 0.25) is 0 Å². The largest absolute Gasteiger partial charge is 0.471 e. The van der Waals surface area contributed by atoms with Gasteiger partial charge < -0.3 is 9.80 Å². The predicted octanol–water partition coefficient (Wildman–Crippen LogP) is 2.80. The summed E-state index contributed by atoms with van der Waals surface area (Å²) in [6.07, 6.45) is -4.86. The molecule has 0 unspecified atom stereocenters. The zero-order chi connectivity index (χ0) is 14.9. The second-order valence-electron chi connectivity index (χ2n) is 4.37. The highest BCUT2D eigenvalue weighted by Gasteiger charge is 2.43. The maximum Gasteiger partial charge on any atom is 0.471 e. The first kappa shape index (κ1) is 15.1. The number of amides is 1. The number of hydrogen-bond donors (Lipinski definition) is 0.